The Kier molecular flexibility index (Phi) is 4.25. The van der Waals surface area contributed by atoms with Crippen LogP contribution in [0.25, 0.3) is 0 Å². The van der Waals surface area contributed by atoms with Crippen molar-refractivity contribution in [1.82, 2.24) is 4.90 Å². The standard InChI is InChI=1S/C15H23NO2/c1-11-4-5-15(18-3)13(8-11)9-16-7-6-12(2)14(16)10-17/h4-5,8,12,14,17H,6-7,9-10H2,1-3H3. The Bertz CT molecular complexity index is 405. The minimum Gasteiger partial charge on any atom is -0.496 e. The van der Waals surface area contributed by atoms with E-state index in [0.29, 0.717) is 5.92 Å². The molecule has 1 N–H and O–H groups in total. The molecule has 1 aliphatic heterocycles. The van der Waals surface area contributed by atoms with Gasteiger partial charge in [0.1, 0.15) is 5.75 Å². The van der Waals surface area contributed by atoms with Crippen LogP contribution in [0.5, 0.6) is 5.75 Å². The summed E-state index contributed by atoms with van der Waals surface area (Å²) in [5.41, 5.74) is 2.46. The molecule has 1 saturated heterocycles. The lowest BCUT2D eigenvalue weighted by Gasteiger charge is -2.25. The molecular weight excluding hydrogens is 226 g/mol. The SMILES string of the molecule is COc1ccc(C)cc1CN1CCC(C)C1CO. The summed E-state index contributed by atoms with van der Waals surface area (Å²) in [5.74, 6) is 1.52. The molecule has 1 aromatic carbocycles. The second-order valence-electron chi connectivity index (χ2n) is 5.30. The van der Waals surface area contributed by atoms with Gasteiger partial charge in [0.15, 0.2) is 0 Å². The highest BCUT2D eigenvalue weighted by atomic mass is 16.5. The quantitative estimate of drug-likeness (QED) is 0.888. The van der Waals surface area contributed by atoms with Crippen LogP contribution in [0.2, 0.25) is 0 Å². The highest BCUT2D eigenvalue weighted by Crippen LogP contribution is 2.28. The second-order valence-corrected chi connectivity index (χ2v) is 5.30. The molecule has 1 aliphatic rings. The van der Waals surface area contributed by atoms with Crippen molar-refractivity contribution < 1.29 is 9.84 Å². The summed E-state index contributed by atoms with van der Waals surface area (Å²) in [4.78, 5) is 2.36. The van der Waals surface area contributed by atoms with Gasteiger partial charge in [0.05, 0.1) is 13.7 Å². The number of hydrogen-bond acceptors (Lipinski definition) is 3. The lowest BCUT2D eigenvalue weighted by atomic mass is 10.0. The van der Waals surface area contributed by atoms with Gasteiger partial charge >= 0.3 is 0 Å². The van der Waals surface area contributed by atoms with Gasteiger partial charge in [0.25, 0.3) is 0 Å². The van der Waals surface area contributed by atoms with Crippen LogP contribution in [0.15, 0.2) is 18.2 Å². The van der Waals surface area contributed by atoms with Crippen molar-refractivity contribution in [1.29, 1.82) is 0 Å². The van der Waals surface area contributed by atoms with E-state index in [2.05, 4.69) is 30.9 Å². The minimum atomic E-state index is 0.245. The highest BCUT2D eigenvalue weighted by Gasteiger charge is 2.30. The van der Waals surface area contributed by atoms with Crippen LogP contribution in [0.1, 0.15) is 24.5 Å². The van der Waals surface area contributed by atoms with E-state index in [1.54, 1.807) is 7.11 Å². The molecule has 0 bridgehead atoms. The van der Waals surface area contributed by atoms with Crippen molar-refractivity contribution in [2.24, 2.45) is 5.92 Å². The molecule has 3 nitrogen and oxygen atoms in total. The number of methoxy groups -OCH3 is 1. The molecule has 100 valence electrons. The van der Waals surface area contributed by atoms with Crippen molar-refractivity contribution in [2.45, 2.75) is 32.9 Å². The van der Waals surface area contributed by atoms with Crippen LogP contribution < -0.4 is 4.74 Å². The summed E-state index contributed by atoms with van der Waals surface area (Å²) in [6.07, 6.45) is 1.17. The fourth-order valence-electron chi connectivity index (χ4n) is 2.83. The first-order valence-electron chi connectivity index (χ1n) is 6.64. The minimum absolute atomic E-state index is 0.245. The molecule has 18 heavy (non-hydrogen) atoms. The zero-order valence-corrected chi connectivity index (χ0v) is 11.5. The Morgan fingerprint density at radius 3 is 2.89 bits per heavy atom. The van der Waals surface area contributed by atoms with Crippen molar-refractivity contribution in [2.75, 3.05) is 20.3 Å². The van der Waals surface area contributed by atoms with Crippen LogP contribution in [-0.2, 0) is 6.54 Å². The normalized spacial score (nSPS) is 24.4. The molecule has 2 unspecified atom stereocenters. The van der Waals surface area contributed by atoms with Crippen molar-refractivity contribution >= 4 is 0 Å². The third kappa shape index (κ3) is 2.68. The Labute approximate surface area is 109 Å². The number of benzene rings is 1. The maximum absolute atomic E-state index is 9.49. The fraction of sp³-hybridized carbons (Fsp3) is 0.600. The van der Waals surface area contributed by atoms with E-state index in [9.17, 15) is 5.11 Å². The van der Waals surface area contributed by atoms with E-state index in [1.807, 2.05) is 6.07 Å². The maximum atomic E-state index is 9.49. The van der Waals surface area contributed by atoms with Crippen molar-refractivity contribution in [3.05, 3.63) is 29.3 Å². The number of likely N-dealkylation sites (tertiary alicyclic amines) is 1. The van der Waals surface area contributed by atoms with Gasteiger partial charge in [-0.2, -0.15) is 0 Å². The third-order valence-electron chi connectivity index (χ3n) is 3.99. The smallest absolute Gasteiger partial charge is 0.123 e. The lowest BCUT2D eigenvalue weighted by molar-refractivity contribution is 0.133. The van der Waals surface area contributed by atoms with Gasteiger partial charge in [-0.1, -0.05) is 24.6 Å². The highest BCUT2D eigenvalue weighted by molar-refractivity contribution is 5.36. The predicted octanol–water partition coefficient (Wildman–Crippen LogP) is 2.21. The summed E-state index contributed by atoms with van der Waals surface area (Å²) in [6, 6.07) is 6.56. The average molecular weight is 249 g/mol. The topological polar surface area (TPSA) is 32.7 Å². The van der Waals surface area contributed by atoms with Gasteiger partial charge < -0.3 is 9.84 Å². The van der Waals surface area contributed by atoms with Gasteiger partial charge in [-0.3, -0.25) is 4.90 Å². The van der Waals surface area contributed by atoms with Crippen LogP contribution in [0, 0.1) is 12.8 Å². The summed E-state index contributed by atoms with van der Waals surface area (Å²) in [6.45, 7) is 6.48. The first-order valence-corrected chi connectivity index (χ1v) is 6.64. The van der Waals surface area contributed by atoms with Gasteiger partial charge in [-0.15, -0.1) is 0 Å². The largest absolute Gasteiger partial charge is 0.496 e. The molecule has 0 aliphatic carbocycles. The Morgan fingerprint density at radius 1 is 1.44 bits per heavy atom. The molecule has 2 atom stereocenters. The number of aliphatic hydroxyl groups excluding tert-OH is 1. The zero-order chi connectivity index (χ0) is 13.1. The number of aryl methyl sites for hydroxylation is 1. The first-order chi connectivity index (χ1) is 8.65. The molecule has 0 spiro atoms. The van der Waals surface area contributed by atoms with E-state index in [0.717, 1.165) is 18.8 Å². The van der Waals surface area contributed by atoms with Gasteiger partial charge in [-0.05, 0) is 31.9 Å². The summed E-state index contributed by atoms with van der Waals surface area (Å²) in [5, 5.41) is 9.49. The second kappa shape index (κ2) is 5.72. The molecule has 0 saturated carbocycles. The molecule has 0 aromatic heterocycles. The van der Waals surface area contributed by atoms with Gasteiger partial charge in [0, 0.05) is 18.2 Å². The van der Waals surface area contributed by atoms with E-state index in [1.165, 1.54) is 17.5 Å². The van der Waals surface area contributed by atoms with Crippen molar-refractivity contribution in [3.63, 3.8) is 0 Å². The van der Waals surface area contributed by atoms with E-state index < -0.39 is 0 Å². The molecular formula is C15H23NO2. The third-order valence-corrected chi connectivity index (χ3v) is 3.99. The number of aliphatic hydroxyl groups is 1. The molecule has 2 rings (SSSR count). The first kappa shape index (κ1) is 13.4. The summed E-state index contributed by atoms with van der Waals surface area (Å²) in [7, 11) is 1.71. The summed E-state index contributed by atoms with van der Waals surface area (Å²) < 4.78 is 5.42. The predicted molar refractivity (Wildman–Crippen MR) is 72.8 cm³/mol. The van der Waals surface area contributed by atoms with E-state index in [-0.39, 0.29) is 12.6 Å². The lowest BCUT2D eigenvalue weighted by Crippen LogP contribution is -2.34. The van der Waals surface area contributed by atoms with Gasteiger partial charge in [0.2, 0.25) is 0 Å². The number of hydrogen-bond donors (Lipinski definition) is 1. The molecule has 1 aromatic rings. The van der Waals surface area contributed by atoms with Crippen LogP contribution in [-0.4, -0.2) is 36.3 Å². The Balaban J connectivity index is 2.16. The maximum Gasteiger partial charge on any atom is 0.123 e. The monoisotopic (exact) mass is 249 g/mol. The summed E-state index contributed by atoms with van der Waals surface area (Å²) >= 11 is 0. The molecule has 3 heteroatoms. The van der Waals surface area contributed by atoms with Crippen LogP contribution in [0.3, 0.4) is 0 Å². The van der Waals surface area contributed by atoms with Crippen LogP contribution in [0.4, 0.5) is 0 Å². The van der Waals surface area contributed by atoms with E-state index in [4.69, 9.17) is 4.74 Å². The fourth-order valence-corrected chi connectivity index (χ4v) is 2.83. The van der Waals surface area contributed by atoms with Crippen LogP contribution >= 0.6 is 0 Å². The molecule has 0 radical (unpaired) electrons. The van der Waals surface area contributed by atoms with Gasteiger partial charge in [-0.25, -0.2) is 0 Å². The van der Waals surface area contributed by atoms with E-state index >= 15 is 0 Å². The number of ether oxygens (including phenoxy) is 1. The average Bonchev–Trinajstić information content (AvgIpc) is 2.70. The van der Waals surface area contributed by atoms with Crippen molar-refractivity contribution in [3.8, 4) is 5.75 Å². The number of rotatable bonds is 4. The molecule has 1 fully saturated rings. The Hall–Kier alpha value is -1.06. The Morgan fingerprint density at radius 2 is 2.22 bits per heavy atom. The molecule has 1 heterocycles. The zero-order valence-electron chi connectivity index (χ0n) is 11.5. The number of nitrogens with zero attached hydrogens (tertiary/aromatic N) is 1. The molecule has 0 amide bonds.